The summed E-state index contributed by atoms with van der Waals surface area (Å²) in [5.41, 5.74) is 4.89. The summed E-state index contributed by atoms with van der Waals surface area (Å²) in [6.07, 6.45) is -2.56. The van der Waals surface area contributed by atoms with Crippen molar-refractivity contribution >= 4 is 17.1 Å². The maximum absolute atomic E-state index is 13.1. The summed E-state index contributed by atoms with van der Waals surface area (Å²) >= 11 is 0. The number of aromatic nitrogens is 5. The van der Waals surface area contributed by atoms with Gasteiger partial charge in [0.15, 0.2) is 5.65 Å². The highest BCUT2D eigenvalue weighted by atomic mass is 19.4. The molecule has 1 atom stereocenters. The number of hydrogen-bond acceptors (Lipinski definition) is 7. The van der Waals surface area contributed by atoms with E-state index >= 15 is 0 Å². The Morgan fingerprint density at radius 3 is 2.52 bits per heavy atom. The molecule has 0 amide bonds. The van der Waals surface area contributed by atoms with Gasteiger partial charge in [0.05, 0.1) is 36.2 Å². The number of pyridine rings is 1. The highest BCUT2D eigenvalue weighted by Gasteiger charge is 2.49. The number of aryl methyl sites for hydroxylation is 3. The van der Waals surface area contributed by atoms with Crippen LogP contribution in [0.3, 0.4) is 0 Å². The van der Waals surface area contributed by atoms with E-state index in [0.29, 0.717) is 42.5 Å². The van der Waals surface area contributed by atoms with Crippen LogP contribution in [0.4, 0.5) is 19.1 Å². The summed E-state index contributed by atoms with van der Waals surface area (Å²) in [5, 5.41) is 0. The number of nitrogens with zero attached hydrogens (tertiary/aromatic N) is 6. The van der Waals surface area contributed by atoms with E-state index in [-0.39, 0.29) is 24.9 Å². The van der Waals surface area contributed by atoms with Crippen molar-refractivity contribution in [3.8, 4) is 0 Å². The summed E-state index contributed by atoms with van der Waals surface area (Å²) in [6.45, 7) is 7.21. The van der Waals surface area contributed by atoms with Gasteiger partial charge in [-0.05, 0) is 51.3 Å². The number of halogens is 3. The molecule has 174 valence electrons. The number of alkyl halides is 3. The molecule has 3 aromatic rings. The van der Waals surface area contributed by atoms with E-state index in [0.717, 1.165) is 22.6 Å². The Hall–Kier alpha value is -2.88. The Balaban J connectivity index is 1.50. The smallest absolute Gasteiger partial charge is 0.370 e. The molecule has 1 aliphatic heterocycles. The van der Waals surface area contributed by atoms with Crippen LogP contribution in [0.25, 0.3) is 11.2 Å². The van der Waals surface area contributed by atoms with Crippen LogP contribution in [-0.4, -0.2) is 50.8 Å². The minimum Gasteiger partial charge on any atom is -0.370 e. The quantitative estimate of drug-likeness (QED) is 0.577. The van der Waals surface area contributed by atoms with Gasteiger partial charge in [-0.1, -0.05) is 0 Å². The number of anilines is 1. The zero-order valence-electron chi connectivity index (χ0n) is 18.7. The van der Waals surface area contributed by atoms with E-state index in [1.807, 2.05) is 37.8 Å². The van der Waals surface area contributed by atoms with Crippen LogP contribution in [0, 0.1) is 26.7 Å². The van der Waals surface area contributed by atoms with Crippen molar-refractivity contribution in [2.45, 2.75) is 51.8 Å². The summed E-state index contributed by atoms with van der Waals surface area (Å²) in [5.74, 6) is -1.14. The van der Waals surface area contributed by atoms with Crippen LogP contribution in [0.1, 0.15) is 53.2 Å². The lowest BCUT2D eigenvalue weighted by molar-refractivity contribution is -0.197. The molecule has 0 unspecified atom stereocenters. The van der Waals surface area contributed by atoms with Crippen molar-refractivity contribution in [2.75, 3.05) is 24.6 Å². The van der Waals surface area contributed by atoms with E-state index < -0.39 is 12.1 Å². The second-order valence-corrected chi connectivity index (χ2v) is 8.92. The Morgan fingerprint density at radius 2 is 1.79 bits per heavy atom. The first-order valence-corrected chi connectivity index (χ1v) is 11.1. The van der Waals surface area contributed by atoms with Crippen LogP contribution in [-0.2, 0) is 4.74 Å². The zero-order chi connectivity index (χ0) is 23.3. The van der Waals surface area contributed by atoms with Crippen LogP contribution < -0.4 is 4.90 Å². The largest absolute Gasteiger partial charge is 0.391 e. The molecule has 1 saturated carbocycles. The molecular formula is C23H25F3N6O. The predicted octanol–water partition coefficient (Wildman–Crippen LogP) is 4.37. The lowest BCUT2D eigenvalue weighted by atomic mass is 9.72. The minimum absolute atomic E-state index is 0.0195. The first kappa shape index (κ1) is 21.9. The molecule has 7 nitrogen and oxygen atoms in total. The van der Waals surface area contributed by atoms with Gasteiger partial charge in [0.1, 0.15) is 11.6 Å². The third-order valence-electron chi connectivity index (χ3n) is 6.59. The fraction of sp³-hybridized carbons (Fsp3) is 0.522. The zero-order valence-corrected chi connectivity index (χ0v) is 18.7. The average Bonchev–Trinajstić information content (AvgIpc) is 2.73. The molecule has 1 aliphatic carbocycles. The molecule has 1 saturated heterocycles. The monoisotopic (exact) mass is 458 g/mol. The first-order valence-electron chi connectivity index (χ1n) is 11.1. The summed E-state index contributed by atoms with van der Waals surface area (Å²) in [6, 6.07) is 3.92. The molecule has 10 heteroatoms. The molecule has 5 rings (SSSR count). The second kappa shape index (κ2) is 8.16. The predicted molar refractivity (Wildman–Crippen MR) is 116 cm³/mol. The number of fused-ring (bicyclic) bond motifs is 1. The Bertz CT molecular complexity index is 1190. The molecule has 2 aliphatic rings. The number of rotatable bonds is 3. The lowest BCUT2D eigenvalue weighted by Gasteiger charge is -2.37. The highest BCUT2D eigenvalue weighted by Crippen LogP contribution is 2.50. The van der Waals surface area contributed by atoms with E-state index in [1.165, 1.54) is 0 Å². The van der Waals surface area contributed by atoms with Gasteiger partial charge >= 0.3 is 6.18 Å². The van der Waals surface area contributed by atoms with E-state index in [4.69, 9.17) is 9.72 Å². The van der Waals surface area contributed by atoms with Gasteiger partial charge in [-0.3, -0.25) is 4.98 Å². The van der Waals surface area contributed by atoms with Gasteiger partial charge in [-0.15, -0.1) is 0 Å². The standard InChI is InChI=1S/C23H25F3N6O/c1-12-8-15(4-5-27-12)18-11-32(6-7-33-18)22-30-19(16-9-17(10-16)23(24,25)26)20-21(31-22)29-14(3)13(2)28-20/h4-5,8,16-18H,6-7,9-11H2,1-3H3/t16-,17-,18-/m0/s1. The Morgan fingerprint density at radius 1 is 1.03 bits per heavy atom. The fourth-order valence-corrected chi connectivity index (χ4v) is 4.46. The first-order chi connectivity index (χ1) is 15.7. The maximum atomic E-state index is 13.1. The normalized spacial score (nSPS) is 23.6. The van der Waals surface area contributed by atoms with Crippen LogP contribution in [0.5, 0.6) is 0 Å². The molecule has 0 radical (unpaired) electrons. The summed E-state index contributed by atoms with van der Waals surface area (Å²) in [4.78, 5) is 24.9. The average molecular weight is 458 g/mol. The molecular weight excluding hydrogens is 433 g/mol. The topological polar surface area (TPSA) is 76.9 Å². The minimum atomic E-state index is -4.18. The molecule has 2 fully saturated rings. The molecule has 0 spiro atoms. The fourth-order valence-electron chi connectivity index (χ4n) is 4.46. The van der Waals surface area contributed by atoms with Crippen LogP contribution in [0.15, 0.2) is 18.3 Å². The third kappa shape index (κ3) is 4.23. The highest BCUT2D eigenvalue weighted by molar-refractivity contribution is 5.75. The van der Waals surface area contributed by atoms with Crippen molar-refractivity contribution in [3.05, 3.63) is 46.7 Å². The van der Waals surface area contributed by atoms with E-state index in [2.05, 4.69) is 19.9 Å². The van der Waals surface area contributed by atoms with Gasteiger partial charge in [0, 0.05) is 24.4 Å². The number of morpholine rings is 1. The van der Waals surface area contributed by atoms with Gasteiger partial charge in [-0.2, -0.15) is 18.2 Å². The Labute approximate surface area is 189 Å². The van der Waals surface area contributed by atoms with Gasteiger partial charge < -0.3 is 9.64 Å². The van der Waals surface area contributed by atoms with Crippen molar-refractivity contribution in [1.29, 1.82) is 0 Å². The molecule has 4 heterocycles. The summed E-state index contributed by atoms with van der Waals surface area (Å²) < 4.78 is 45.4. The summed E-state index contributed by atoms with van der Waals surface area (Å²) in [7, 11) is 0. The molecule has 0 N–H and O–H groups in total. The van der Waals surface area contributed by atoms with E-state index in [9.17, 15) is 13.2 Å². The third-order valence-corrected chi connectivity index (χ3v) is 6.59. The van der Waals surface area contributed by atoms with Crippen molar-refractivity contribution in [3.63, 3.8) is 0 Å². The molecule has 0 bridgehead atoms. The molecule has 0 aromatic carbocycles. The van der Waals surface area contributed by atoms with Crippen molar-refractivity contribution < 1.29 is 17.9 Å². The molecule has 33 heavy (non-hydrogen) atoms. The van der Waals surface area contributed by atoms with Crippen molar-refractivity contribution in [2.24, 2.45) is 5.92 Å². The van der Waals surface area contributed by atoms with E-state index in [1.54, 1.807) is 6.20 Å². The number of ether oxygens (including phenoxy) is 1. The SMILES string of the molecule is Cc1cc([C@@H]2CN(c3nc4nc(C)c(C)nc4c([C@H]4C[C@H](C(F)(F)F)C4)n3)CCO2)ccn1. The van der Waals surface area contributed by atoms with Crippen molar-refractivity contribution in [1.82, 2.24) is 24.9 Å². The van der Waals surface area contributed by atoms with Crippen LogP contribution in [0.2, 0.25) is 0 Å². The second-order valence-electron chi connectivity index (χ2n) is 8.92. The Kier molecular flexibility index (Phi) is 5.43. The van der Waals surface area contributed by atoms with Gasteiger partial charge in [0.25, 0.3) is 0 Å². The lowest BCUT2D eigenvalue weighted by Crippen LogP contribution is -2.40. The maximum Gasteiger partial charge on any atom is 0.391 e. The number of hydrogen-bond donors (Lipinski definition) is 0. The van der Waals surface area contributed by atoms with Crippen LogP contribution >= 0.6 is 0 Å². The van der Waals surface area contributed by atoms with Gasteiger partial charge in [0.2, 0.25) is 5.95 Å². The van der Waals surface area contributed by atoms with Gasteiger partial charge in [-0.25, -0.2) is 15.0 Å². The molecule has 3 aromatic heterocycles.